The smallest absolute Gasteiger partial charge is 0.222 e. The molecule has 0 N–H and O–H groups in total. The highest BCUT2D eigenvalue weighted by Crippen LogP contribution is 2.27. The summed E-state index contributed by atoms with van der Waals surface area (Å²) >= 11 is 19.9. The minimum absolute atomic E-state index is 0.130. The SMILES string of the molecule is O=C(Cl)CC(C=C(Cl)Cl)c1ccc(Br)cc1. The fourth-order valence-electron chi connectivity index (χ4n) is 1.31. The van der Waals surface area contributed by atoms with Crippen LogP contribution in [0.1, 0.15) is 17.9 Å². The van der Waals surface area contributed by atoms with Crippen LogP contribution in [0.4, 0.5) is 0 Å². The average Bonchev–Trinajstić information content (AvgIpc) is 2.16. The fourth-order valence-corrected chi connectivity index (χ4v) is 2.04. The number of allylic oxidation sites excluding steroid dienone is 1. The van der Waals surface area contributed by atoms with Crippen LogP contribution in [0.5, 0.6) is 0 Å². The van der Waals surface area contributed by atoms with Crippen molar-refractivity contribution in [2.45, 2.75) is 12.3 Å². The molecule has 1 rings (SSSR count). The zero-order valence-corrected chi connectivity index (χ0v) is 11.9. The second-order valence-electron chi connectivity index (χ2n) is 3.17. The average molecular weight is 342 g/mol. The number of carbonyl (C=O) groups is 1. The molecule has 1 atom stereocenters. The Bertz CT molecular complexity index is 396. The predicted octanol–water partition coefficient (Wildman–Crippen LogP) is 5.01. The summed E-state index contributed by atoms with van der Waals surface area (Å²) in [6.07, 6.45) is 1.78. The van der Waals surface area contributed by atoms with E-state index in [-0.39, 0.29) is 16.8 Å². The number of benzene rings is 1. The van der Waals surface area contributed by atoms with Gasteiger partial charge in [-0.25, -0.2) is 0 Å². The Morgan fingerprint density at radius 2 is 1.81 bits per heavy atom. The largest absolute Gasteiger partial charge is 0.281 e. The van der Waals surface area contributed by atoms with Gasteiger partial charge in [-0.05, 0) is 35.4 Å². The first-order valence-electron chi connectivity index (χ1n) is 4.45. The number of halogens is 4. The van der Waals surface area contributed by atoms with E-state index < -0.39 is 5.24 Å². The van der Waals surface area contributed by atoms with Gasteiger partial charge in [0, 0.05) is 16.8 Å². The summed E-state index contributed by atoms with van der Waals surface area (Å²) in [5, 5.41) is -0.418. The third-order valence-corrected chi connectivity index (χ3v) is 2.94. The first-order valence-corrected chi connectivity index (χ1v) is 6.38. The first kappa shape index (κ1) is 14.0. The lowest BCUT2D eigenvalue weighted by molar-refractivity contribution is -0.111. The second kappa shape index (κ2) is 6.65. The van der Waals surface area contributed by atoms with E-state index >= 15 is 0 Å². The number of rotatable bonds is 4. The molecule has 0 saturated heterocycles. The van der Waals surface area contributed by atoms with E-state index in [0.29, 0.717) is 0 Å². The summed E-state index contributed by atoms with van der Waals surface area (Å²) in [4.78, 5) is 10.9. The van der Waals surface area contributed by atoms with Crippen molar-refractivity contribution >= 4 is 56.0 Å². The highest BCUT2D eigenvalue weighted by Gasteiger charge is 2.13. The summed E-state index contributed by atoms with van der Waals surface area (Å²) in [6.45, 7) is 0. The summed E-state index contributed by atoms with van der Waals surface area (Å²) in [5.74, 6) is -0.192. The third-order valence-electron chi connectivity index (χ3n) is 2.01. The van der Waals surface area contributed by atoms with Gasteiger partial charge in [0.25, 0.3) is 0 Å². The van der Waals surface area contributed by atoms with Crippen molar-refractivity contribution in [1.29, 1.82) is 0 Å². The van der Waals surface area contributed by atoms with Crippen molar-refractivity contribution in [2.24, 2.45) is 0 Å². The van der Waals surface area contributed by atoms with Gasteiger partial charge in [0.1, 0.15) is 4.49 Å². The zero-order valence-electron chi connectivity index (χ0n) is 8.09. The molecule has 0 fully saturated rings. The van der Waals surface area contributed by atoms with E-state index in [1.54, 1.807) is 6.08 Å². The predicted molar refractivity (Wildman–Crippen MR) is 72.1 cm³/mol. The third kappa shape index (κ3) is 4.88. The van der Waals surface area contributed by atoms with Crippen LogP contribution < -0.4 is 0 Å². The van der Waals surface area contributed by atoms with E-state index in [2.05, 4.69) is 15.9 Å². The van der Waals surface area contributed by atoms with E-state index in [0.717, 1.165) is 10.0 Å². The van der Waals surface area contributed by atoms with Crippen molar-refractivity contribution in [3.05, 3.63) is 44.9 Å². The van der Waals surface area contributed by atoms with Crippen molar-refractivity contribution in [1.82, 2.24) is 0 Å². The topological polar surface area (TPSA) is 17.1 Å². The van der Waals surface area contributed by atoms with Gasteiger partial charge in [0.05, 0.1) is 0 Å². The lowest BCUT2D eigenvalue weighted by Crippen LogP contribution is -2.00. The molecule has 0 aromatic heterocycles. The van der Waals surface area contributed by atoms with Crippen molar-refractivity contribution in [3.63, 3.8) is 0 Å². The van der Waals surface area contributed by atoms with Gasteiger partial charge >= 0.3 is 0 Å². The Morgan fingerprint density at radius 1 is 1.25 bits per heavy atom. The molecule has 0 amide bonds. The van der Waals surface area contributed by atoms with Gasteiger partial charge in [-0.1, -0.05) is 51.3 Å². The molecule has 1 nitrogen and oxygen atoms in total. The molecule has 0 bridgehead atoms. The quantitative estimate of drug-likeness (QED) is 0.703. The molecule has 0 aliphatic heterocycles. The maximum Gasteiger partial charge on any atom is 0.222 e. The maximum atomic E-state index is 10.9. The molecule has 0 heterocycles. The monoisotopic (exact) mass is 340 g/mol. The standard InChI is InChI=1S/C11H8BrCl3O/c12-9-3-1-7(2-4-9)8(5-10(13)14)6-11(15)16/h1-5,8H,6H2. The summed E-state index contributed by atoms with van der Waals surface area (Å²) in [7, 11) is 0. The van der Waals surface area contributed by atoms with Gasteiger partial charge in [0.2, 0.25) is 5.24 Å². The molecular formula is C11H8BrCl3O. The Balaban J connectivity index is 2.96. The lowest BCUT2D eigenvalue weighted by Gasteiger charge is -2.10. The van der Waals surface area contributed by atoms with E-state index in [1.165, 1.54) is 0 Å². The fraction of sp³-hybridized carbons (Fsp3) is 0.182. The van der Waals surface area contributed by atoms with Gasteiger partial charge in [-0.3, -0.25) is 4.79 Å². The molecule has 16 heavy (non-hydrogen) atoms. The lowest BCUT2D eigenvalue weighted by atomic mass is 9.96. The maximum absolute atomic E-state index is 10.9. The normalized spacial score (nSPS) is 12.0. The minimum Gasteiger partial charge on any atom is -0.281 e. The first-order chi connectivity index (χ1) is 7.49. The van der Waals surface area contributed by atoms with Crippen LogP contribution in [-0.2, 0) is 4.79 Å². The molecule has 1 unspecified atom stereocenters. The number of hydrogen-bond acceptors (Lipinski definition) is 1. The van der Waals surface area contributed by atoms with Crippen LogP contribution in [0.3, 0.4) is 0 Å². The summed E-state index contributed by atoms with van der Waals surface area (Å²) < 4.78 is 1.10. The van der Waals surface area contributed by atoms with Gasteiger partial charge < -0.3 is 0 Å². The van der Waals surface area contributed by atoms with Crippen LogP contribution in [-0.4, -0.2) is 5.24 Å². The molecule has 0 spiro atoms. The Hall–Kier alpha value is -0.0200. The van der Waals surface area contributed by atoms with Crippen LogP contribution in [0.15, 0.2) is 39.3 Å². The van der Waals surface area contributed by atoms with Gasteiger partial charge in [-0.15, -0.1) is 0 Å². The van der Waals surface area contributed by atoms with Crippen LogP contribution in [0, 0.1) is 0 Å². The number of carbonyl (C=O) groups excluding carboxylic acids is 1. The highest BCUT2D eigenvalue weighted by molar-refractivity contribution is 9.10. The van der Waals surface area contributed by atoms with E-state index in [9.17, 15) is 4.79 Å². The molecule has 86 valence electrons. The van der Waals surface area contributed by atoms with Crippen LogP contribution in [0.25, 0.3) is 0 Å². The van der Waals surface area contributed by atoms with E-state index in [4.69, 9.17) is 34.8 Å². The molecule has 5 heteroatoms. The highest BCUT2D eigenvalue weighted by atomic mass is 79.9. The van der Waals surface area contributed by atoms with Gasteiger partial charge in [0.15, 0.2) is 0 Å². The molecule has 1 aromatic rings. The number of hydrogen-bond donors (Lipinski definition) is 0. The second-order valence-corrected chi connectivity index (χ2v) is 5.52. The van der Waals surface area contributed by atoms with Crippen molar-refractivity contribution in [3.8, 4) is 0 Å². The molecule has 0 aliphatic carbocycles. The molecule has 1 aromatic carbocycles. The molecular weight excluding hydrogens is 334 g/mol. The molecule has 0 saturated carbocycles. The minimum atomic E-state index is -0.418. The van der Waals surface area contributed by atoms with Crippen molar-refractivity contribution in [2.75, 3.05) is 0 Å². The van der Waals surface area contributed by atoms with Crippen LogP contribution >= 0.6 is 50.7 Å². The van der Waals surface area contributed by atoms with E-state index in [1.807, 2.05) is 24.3 Å². The zero-order chi connectivity index (χ0) is 12.1. The van der Waals surface area contributed by atoms with Gasteiger partial charge in [-0.2, -0.15) is 0 Å². The Kier molecular flexibility index (Phi) is 5.84. The molecule has 0 radical (unpaired) electrons. The molecule has 0 aliphatic rings. The summed E-state index contributed by atoms with van der Waals surface area (Å²) in [6, 6.07) is 7.55. The summed E-state index contributed by atoms with van der Waals surface area (Å²) in [5.41, 5.74) is 0.941. The van der Waals surface area contributed by atoms with Crippen molar-refractivity contribution < 1.29 is 4.79 Å². The van der Waals surface area contributed by atoms with Crippen LogP contribution in [0.2, 0.25) is 0 Å². The Labute approximate surface area is 118 Å². The Morgan fingerprint density at radius 3 is 2.25 bits per heavy atom.